The molecule has 2 rings (SSSR count). The summed E-state index contributed by atoms with van der Waals surface area (Å²) in [5.41, 5.74) is 6.50. The van der Waals surface area contributed by atoms with E-state index in [4.69, 9.17) is 5.73 Å². The van der Waals surface area contributed by atoms with Crippen molar-refractivity contribution >= 4 is 17.5 Å². The minimum absolute atomic E-state index is 0.0366. The lowest BCUT2D eigenvalue weighted by Gasteiger charge is -2.07. The normalized spacial score (nSPS) is 14.1. The molecule has 0 aromatic heterocycles. The minimum Gasteiger partial charge on any atom is -0.351 e. The molecule has 0 radical (unpaired) electrons. The zero-order valence-electron chi connectivity index (χ0n) is 10.1. The molecule has 4 N–H and O–H groups in total. The largest absolute Gasteiger partial charge is 0.351 e. The van der Waals surface area contributed by atoms with Crippen molar-refractivity contribution in [1.29, 1.82) is 0 Å². The second-order valence-corrected chi connectivity index (χ2v) is 4.39. The van der Waals surface area contributed by atoms with Crippen LogP contribution in [0.4, 0.5) is 5.69 Å². The summed E-state index contributed by atoms with van der Waals surface area (Å²) in [7, 11) is 0. The Morgan fingerprint density at radius 2 is 2.11 bits per heavy atom. The van der Waals surface area contributed by atoms with Crippen molar-refractivity contribution < 1.29 is 9.59 Å². The third-order valence-corrected chi connectivity index (χ3v) is 2.77. The molecule has 5 heteroatoms. The number of rotatable bonds is 5. The van der Waals surface area contributed by atoms with Gasteiger partial charge in [-0.05, 0) is 31.0 Å². The molecule has 0 saturated heterocycles. The molecule has 1 aliphatic carbocycles. The molecule has 1 aromatic rings. The molecular weight excluding hydrogens is 230 g/mol. The quantitative estimate of drug-likeness (QED) is 0.717. The molecule has 1 fully saturated rings. The van der Waals surface area contributed by atoms with Crippen LogP contribution >= 0.6 is 0 Å². The van der Waals surface area contributed by atoms with Crippen molar-refractivity contribution in [3.8, 4) is 0 Å². The highest BCUT2D eigenvalue weighted by molar-refractivity contribution is 5.98. The molecular formula is C13H17N3O2. The smallest absolute Gasteiger partial charge is 0.251 e. The molecule has 0 bridgehead atoms. The molecule has 0 aliphatic heterocycles. The van der Waals surface area contributed by atoms with Gasteiger partial charge in [0.05, 0.1) is 0 Å². The molecule has 1 aliphatic rings. The van der Waals surface area contributed by atoms with Crippen LogP contribution in [0.15, 0.2) is 24.3 Å². The number of hydrogen-bond acceptors (Lipinski definition) is 3. The van der Waals surface area contributed by atoms with Crippen molar-refractivity contribution in [2.45, 2.75) is 12.8 Å². The van der Waals surface area contributed by atoms with Crippen LogP contribution in [0.2, 0.25) is 0 Å². The van der Waals surface area contributed by atoms with E-state index in [2.05, 4.69) is 10.6 Å². The van der Waals surface area contributed by atoms with E-state index < -0.39 is 0 Å². The topological polar surface area (TPSA) is 84.2 Å². The highest BCUT2D eigenvalue weighted by atomic mass is 16.2. The monoisotopic (exact) mass is 247 g/mol. The summed E-state index contributed by atoms with van der Waals surface area (Å²) in [6, 6.07) is 6.91. The first-order chi connectivity index (χ1) is 8.70. The molecule has 2 amide bonds. The Kier molecular flexibility index (Phi) is 3.94. The average Bonchev–Trinajstić information content (AvgIpc) is 3.20. The van der Waals surface area contributed by atoms with E-state index in [1.807, 2.05) is 0 Å². The number of nitrogens with two attached hydrogens (primary N) is 1. The van der Waals surface area contributed by atoms with Crippen LogP contribution in [-0.4, -0.2) is 24.9 Å². The van der Waals surface area contributed by atoms with Gasteiger partial charge in [0, 0.05) is 30.3 Å². The van der Waals surface area contributed by atoms with E-state index >= 15 is 0 Å². The van der Waals surface area contributed by atoms with Gasteiger partial charge in [0.2, 0.25) is 5.91 Å². The lowest BCUT2D eigenvalue weighted by molar-refractivity contribution is -0.117. The fraction of sp³-hybridized carbons (Fsp3) is 0.385. The summed E-state index contributed by atoms with van der Waals surface area (Å²) < 4.78 is 0. The summed E-state index contributed by atoms with van der Waals surface area (Å²) >= 11 is 0. The standard InChI is InChI=1S/C13H17N3O2/c14-6-7-15-12(17)10-2-1-3-11(8-10)16-13(18)9-4-5-9/h1-3,8-9H,4-7,14H2,(H,15,17)(H,16,18). The predicted octanol–water partition coefficient (Wildman–Crippen LogP) is 0.724. The molecule has 0 spiro atoms. The molecule has 96 valence electrons. The van der Waals surface area contributed by atoms with Crippen LogP contribution in [0.3, 0.4) is 0 Å². The Labute approximate surface area is 106 Å². The van der Waals surface area contributed by atoms with Gasteiger partial charge >= 0.3 is 0 Å². The molecule has 0 unspecified atom stereocenters. The number of hydrogen-bond donors (Lipinski definition) is 3. The van der Waals surface area contributed by atoms with Crippen LogP contribution < -0.4 is 16.4 Å². The van der Waals surface area contributed by atoms with Gasteiger partial charge in [0.1, 0.15) is 0 Å². The minimum atomic E-state index is -0.178. The molecule has 0 heterocycles. The van der Waals surface area contributed by atoms with Gasteiger partial charge in [-0.25, -0.2) is 0 Å². The fourth-order valence-electron chi connectivity index (χ4n) is 1.62. The first-order valence-corrected chi connectivity index (χ1v) is 6.10. The summed E-state index contributed by atoms with van der Waals surface area (Å²) in [6.07, 6.45) is 1.92. The summed E-state index contributed by atoms with van der Waals surface area (Å²) in [5.74, 6) is 0.0113. The van der Waals surface area contributed by atoms with E-state index in [1.54, 1.807) is 24.3 Å². The Bertz CT molecular complexity index is 455. The fourth-order valence-corrected chi connectivity index (χ4v) is 1.62. The highest BCUT2D eigenvalue weighted by Crippen LogP contribution is 2.30. The number of anilines is 1. The van der Waals surface area contributed by atoms with E-state index in [9.17, 15) is 9.59 Å². The van der Waals surface area contributed by atoms with Crippen LogP contribution in [0.1, 0.15) is 23.2 Å². The first-order valence-electron chi connectivity index (χ1n) is 6.10. The lowest BCUT2D eigenvalue weighted by Crippen LogP contribution is -2.29. The zero-order chi connectivity index (χ0) is 13.0. The van der Waals surface area contributed by atoms with Gasteiger partial charge in [-0.2, -0.15) is 0 Å². The average molecular weight is 247 g/mol. The predicted molar refractivity (Wildman–Crippen MR) is 69.2 cm³/mol. The van der Waals surface area contributed by atoms with Gasteiger partial charge in [-0.1, -0.05) is 6.07 Å². The Balaban J connectivity index is 1.99. The van der Waals surface area contributed by atoms with Gasteiger partial charge in [0.15, 0.2) is 0 Å². The SMILES string of the molecule is NCCNC(=O)c1cccc(NC(=O)C2CC2)c1. The highest BCUT2D eigenvalue weighted by Gasteiger charge is 2.29. The van der Waals surface area contributed by atoms with E-state index in [1.165, 1.54) is 0 Å². The van der Waals surface area contributed by atoms with Crippen molar-refractivity contribution in [3.63, 3.8) is 0 Å². The second-order valence-electron chi connectivity index (χ2n) is 4.39. The maximum absolute atomic E-state index is 11.7. The first kappa shape index (κ1) is 12.6. The number of carbonyl (C=O) groups is 2. The number of nitrogens with one attached hydrogen (secondary N) is 2. The molecule has 5 nitrogen and oxygen atoms in total. The van der Waals surface area contributed by atoms with E-state index in [0.717, 1.165) is 12.8 Å². The van der Waals surface area contributed by atoms with Gasteiger partial charge in [0.25, 0.3) is 5.91 Å². The third kappa shape index (κ3) is 3.30. The summed E-state index contributed by atoms with van der Waals surface area (Å²) in [6.45, 7) is 0.849. The van der Waals surface area contributed by atoms with Crippen LogP contribution in [0, 0.1) is 5.92 Å². The van der Waals surface area contributed by atoms with Crippen molar-refractivity contribution in [1.82, 2.24) is 5.32 Å². The van der Waals surface area contributed by atoms with Crippen molar-refractivity contribution in [3.05, 3.63) is 29.8 Å². The van der Waals surface area contributed by atoms with Crippen molar-refractivity contribution in [2.75, 3.05) is 18.4 Å². The third-order valence-electron chi connectivity index (χ3n) is 2.77. The molecule has 0 atom stereocenters. The number of benzene rings is 1. The number of carbonyl (C=O) groups excluding carboxylic acids is 2. The Morgan fingerprint density at radius 1 is 1.33 bits per heavy atom. The molecule has 1 aromatic carbocycles. The van der Waals surface area contributed by atoms with Crippen molar-refractivity contribution in [2.24, 2.45) is 11.7 Å². The van der Waals surface area contributed by atoms with Gasteiger partial charge < -0.3 is 16.4 Å². The van der Waals surface area contributed by atoms with Gasteiger partial charge in [-0.15, -0.1) is 0 Å². The van der Waals surface area contributed by atoms with Crippen LogP contribution in [0.25, 0.3) is 0 Å². The van der Waals surface area contributed by atoms with Crippen LogP contribution in [0.5, 0.6) is 0 Å². The molecule has 1 saturated carbocycles. The maximum atomic E-state index is 11.7. The maximum Gasteiger partial charge on any atom is 0.251 e. The Hall–Kier alpha value is -1.88. The Morgan fingerprint density at radius 3 is 2.78 bits per heavy atom. The summed E-state index contributed by atoms with van der Waals surface area (Å²) in [5, 5.41) is 5.50. The summed E-state index contributed by atoms with van der Waals surface area (Å²) in [4.78, 5) is 23.3. The zero-order valence-corrected chi connectivity index (χ0v) is 10.1. The van der Waals surface area contributed by atoms with E-state index in [0.29, 0.717) is 24.3 Å². The lowest BCUT2D eigenvalue weighted by atomic mass is 10.2. The van der Waals surface area contributed by atoms with Gasteiger partial charge in [-0.3, -0.25) is 9.59 Å². The molecule has 18 heavy (non-hydrogen) atoms. The van der Waals surface area contributed by atoms with E-state index in [-0.39, 0.29) is 17.7 Å². The van der Waals surface area contributed by atoms with Crippen LogP contribution in [-0.2, 0) is 4.79 Å². The number of amides is 2. The second kappa shape index (κ2) is 5.64.